The maximum Gasteiger partial charge on any atom is 0.0595 e. The molecule has 1 N–H and O–H groups in total. The number of likely N-dealkylation sites (N-methyl/N-ethyl adjacent to an activating group) is 1. The van der Waals surface area contributed by atoms with Crippen molar-refractivity contribution in [2.45, 2.75) is 25.8 Å². The van der Waals surface area contributed by atoms with Crippen molar-refractivity contribution in [3.8, 4) is 0 Å². The highest BCUT2D eigenvalue weighted by molar-refractivity contribution is 6.42. The molecule has 20 heavy (non-hydrogen) atoms. The van der Waals surface area contributed by atoms with Crippen LogP contribution in [0.2, 0.25) is 10.0 Å². The van der Waals surface area contributed by atoms with Gasteiger partial charge in [-0.15, -0.1) is 0 Å². The van der Waals surface area contributed by atoms with Gasteiger partial charge in [-0.3, -0.25) is 4.98 Å². The molecule has 1 heterocycles. The summed E-state index contributed by atoms with van der Waals surface area (Å²) in [5.74, 6) is 0.315. The minimum Gasteiger partial charge on any atom is -0.310 e. The molecule has 0 spiro atoms. The number of hydrogen-bond donors (Lipinski definition) is 1. The van der Waals surface area contributed by atoms with Gasteiger partial charge in [-0.05, 0) is 41.9 Å². The summed E-state index contributed by atoms with van der Waals surface area (Å²) in [5.41, 5.74) is 2.39. The van der Waals surface area contributed by atoms with Gasteiger partial charge in [0.25, 0.3) is 0 Å². The highest BCUT2D eigenvalue weighted by atomic mass is 35.5. The van der Waals surface area contributed by atoms with Crippen molar-refractivity contribution in [3.05, 3.63) is 63.9 Å². The minimum atomic E-state index is 0.192. The lowest BCUT2D eigenvalue weighted by molar-refractivity contribution is 0.479. The third-order valence-electron chi connectivity index (χ3n) is 3.46. The molecule has 2 unspecified atom stereocenters. The van der Waals surface area contributed by atoms with Crippen LogP contribution in [-0.2, 0) is 0 Å². The molecular weight excluding hydrogens is 291 g/mol. The van der Waals surface area contributed by atoms with E-state index in [1.807, 2.05) is 42.7 Å². The van der Waals surface area contributed by atoms with Gasteiger partial charge in [-0.2, -0.15) is 0 Å². The molecule has 4 heteroatoms. The predicted octanol–water partition coefficient (Wildman–Crippen LogP) is 4.84. The molecule has 2 rings (SSSR count). The first-order chi connectivity index (χ1) is 9.63. The highest BCUT2D eigenvalue weighted by Crippen LogP contribution is 2.33. The zero-order chi connectivity index (χ0) is 14.5. The zero-order valence-corrected chi connectivity index (χ0v) is 13.1. The first-order valence-corrected chi connectivity index (χ1v) is 7.47. The number of halogens is 2. The molecule has 2 aromatic rings. The van der Waals surface area contributed by atoms with Gasteiger partial charge in [0.2, 0.25) is 0 Å². The van der Waals surface area contributed by atoms with E-state index in [4.69, 9.17) is 23.2 Å². The lowest BCUT2D eigenvalue weighted by Gasteiger charge is -2.26. The number of benzene rings is 1. The van der Waals surface area contributed by atoms with Crippen LogP contribution in [0.15, 0.2) is 42.7 Å². The standard InChI is InChI=1S/C16H18Cl2N2/c1-3-20-16(11(2)12-6-8-19-9-7-12)13-4-5-14(17)15(18)10-13/h4-11,16,20H,3H2,1-2H3. The Morgan fingerprint density at radius 2 is 1.75 bits per heavy atom. The largest absolute Gasteiger partial charge is 0.310 e. The van der Waals surface area contributed by atoms with Gasteiger partial charge in [-0.25, -0.2) is 0 Å². The molecule has 0 amide bonds. The predicted molar refractivity (Wildman–Crippen MR) is 85.5 cm³/mol. The molecule has 0 bridgehead atoms. The number of nitrogens with one attached hydrogen (secondary N) is 1. The minimum absolute atomic E-state index is 0.192. The van der Waals surface area contributed by atoms with Crippen molar-refractivity contribution < 1.29 is 0 Å². The lowest BCUT2D eigenvalue weighted by atomic mass is 9.89. The van der Waals surface area contributed by atoms with E-state index in [0.717, 1.165) is 12.1 Å². The third kappa shape index (κ3) is 3.51. The van der Waals surface area contributed by atoms with Crippen LogP contribution in [0.1, 0.15) is 36.9 Å². The van der Waals surface area contributed by atoms with Crippen molar-refractivity contribution >= 4 is 23.2 Å². The van der Waals surface area contributed by atoms with Gasteiger partial charge in [0.15, 0.2) is 0 Å². The van der Waals surface area contributed by atoms with Gasteiger partial charge < -0.3 is 5.32 Å². The lowest BCUT2D eigenvalue weighted by Crippen LogP contribution is -2.25. The number of nitrogens with zero attached hydrogens (tertiary/aromatic N) is 1. The van der Waals surface area contributed by atoms with Gasteiger partial charge in [0, 0.05) is 24.4 Å². The number of aromatic nitrogens is 1. The molecule has 0 aliphatic carbocycles. The average molecular weight is 309 g/mol. The molecule has 0 fully saturated rings. The summed E-state index contributed by atoms with van der Waals surface area (Å²) in [6, 6.07) is 10.1. The molecule has 0 saturated heterocycles. The average Bonchev–Trinajstić information content (AvgIpc) is 2.48. The molecule has 0 radical (unpaired) electrons. The Bertz CT molecular complexity index is 558. The fourth-order valence-corrected chi connectivity index (χ4v) is 2.68. The molecule has 2 atom stereocenters. The maximum absolute atomic E-state index is 6.14. The summed E-state index contributed by atoms with van der Waals surface area (Å²) >= 11 is 12.1. The summed E-state index contributed by atoms with van der Waals surface area (Å²) in [7, 11) is 0. The van der Waals surface area contributed by atoms with Crippen LogP contribution in [0.3, 0.4) is 0 Å². The molecule has 0 saturated carbocycles. The van der Waals surface area contributed by atoms with Crippen LogP contribution >= 0.6 is 23.2 Å². The smallest absolute Gasteiger partial charge is 0.0595 e. The Balaban J connectivity index is 2.33. The van der Waals surface area contributed by atoms with Gasteiger partial charge in [0.05, 0.1) is 10.0 Å². The summed E-state index contributed by atoms with van der Waals surface area (Å²) in [4.78, 5) is 4.07. The Labute approximate surface area is 130 Å². The highest BCUT2D eigenvalue weighted by Gasteiger charge is 2.20. The fraction of sp³-hybridized carbons (Fsp3) is 0.312. The van der Waals surface area contributed by atoms with Gasteiger partial charge in [-0.1, -0.05) is 43.1 Å². The SMILES string of the molecule is CCNC(c1ccc(Cl)c(Cl)c1)C(C)c1ccncc1. The van der Waals surface area contributed by atoms with Crippen molar-refractivity contribution in [1.29, 1.82) is 0 Å². The van der Waals surface area contributed by atoms with Crippen molar-refractivity contribution in [1.82, 2.24) is 10.3 Å². The number of hydrogen-bond acceptors (Lipinski definition) is 2. The number of pyridine rings is 1. The van der Waals surface area contributed by atoms with E-state index in [-0.39, 0.29) is 6.04 Å². The zero-order valence-electron chi connectivity index (χ0n) is 11.6. The van der Waals surface area contributed by atoms with E-state index in [9.17, 15) is 0 Å². The normalized spacial score (nSPS) is 14.0. The fourth-order valence-electron chi connectivity index (χ4n) is 2.37. The second kappa shape index (κ2) is 7.07. The monoisotopic (exact) mass is 308 g/mol. The van der Waals surface area contributed by atoms with E-state index in [1.54, 1.807) is 0 Å². The Hall–Kier alpha value is -1.09. The Morgan fingerprint density at radius 3 is 2.35 bits per heavy atom. The van der Waals surface area contributed by atoms with E-state index in [1.165, 1.54) is 5.56 Å². The molecular formula is C16H18Cl2N2. The van der Waals surface area contributed by atoms with E-state index in [2.05, 4.69) is 24.1 Å². The molecule has 1 aromatic carbocycles. The van der Waals surface area contributed by atoms with E-state index >= 15 is 0 Å². The maximum atomic E-state index is 6.14. The van der Waals surface area contributed by atoms with Crippen LogP contribution < -0.4 is 5.32 Å². The van der Waals surface area contributed by atoms with E-state index in [0.29, 0.717) is 16.0 Å². The van der Waals surface area contributed by atoms with Gasteiger partial charge in [0.1, 0.15) is 0 Å². The van der Waals surface area contributed by atoms with E-state index < -0.39 is 0 Å². The second-order valence-electron chi connectivity index (χ2n) is 4.78. The van der Waals surface area contributed by atoms with Crippen LogP contribution in [0.4, 0.5) is 0 Å². The summed E-state index contributed by atoms with van der Waals surface area (Å²) in [5, 5.41) is 4.70. The van der Waals surface area contributed by atoms with Crippen LogP contribution in [0.5, 0.6) is 0 Å². The first-order valence-electron chi connectivity index (χ1n) is 6.71. The summed E-state index contributed by atoms with van der Waals surface area (Å²) in [6.45, 7) is 5.19. The van der Waals surface area contributed by atoms with Crippen molar-refractivity contribution in [2.24, 2.45) is 0 Å². The van der Waals surface area contributed by atoms with Crippen molar-refractivity contribution in [2.75, 3.05) is 6.54 Å². The first kappa shape index (κ1) is 15.3. The van der Waals surface area contributed by atoms with Crippen LogP contribution in [-0.4, -0.2) is 11.5 Å². The van der Waals surface area contributed by atoms with Gasteiger partial charge >= 0.3 is 0 Å². The van der Waals surface area contributed by atoms with Crippen LogP contribution in [0, 0.1) is 0 Å². The van der Waals surface area contributed by atoms with Crippen LogP contribution in [0.25, 0.3) is 0 Å². The quantitative estimate of drug-likeness (QED) is 0.854. The second-order valence-corrected chi connectivity index (χ2v) is 5.59. The Morgan fingerprint density at radius 1 is 1.05 bits per heavy atom. The Kier molecular flexibility index (Phi) is 5.41. The molecule has 2 nitrogen and oxygen atoms in total. The molecule has 0 aliphatic rings. The number of rotatable bonds is 5. The molecule has 0 aliphatic heterocycles. The molecule has 106 valence electrons. The molecule has 1 aromatic heterocycles. The summed E-state index contributed by atoms with van der Waals surface area (Å²) < 4.78 is 0. The van der Waals surface area contributed by atoms with Crippen molar-refractivity contribution in [3.63, 3.8) is 0 Å². The topological polar surface area (TPSA) is 24.9 Å². The summed E-state index contributed by atoms with van der Waals surface area (Å²) in [6.07, 6.45) is 3.65. The third-order valence-corrected chi connectivity index (χ3v) is 4.20.